The third kappa shape index (κ3) is 4.59. The lowest BCUT2D eigenvalue weighted by Gasteiger charge is -2.10. The number of rotatable bonds is 6. The molecule has 0 saturated carbocycles. The van der Waals surface area contributed by atoms with Crippen LogP contribution in [0.5, 0.6) is 11.5 Å². The summed E-state index contributed by atoms with van der Waals surface area (Å²) in [5.41, 5.74) is 5.88. The van der Waals surface area contributed by atoms with Gasteiger partial charge in [0.2, 0.25) is 0 Å². The summed E-state index contributed by atoms with van der Waals surface area (Å²) in [6.07, 6.45) is 0. The maximum absolute atomic E-state index is 12.2. The van der Waals surface area contributed by atoms with Crippen LogP contribution in [0.2, 0.25) is 0 Å². The van der Waals surface area contributed by atoms with Crippen molar-refractivity contribution in [2.75, 3.05) is 14.2 Å². The fourth-order valence-corrected chi connectivity index (χ4v) is 2.34. The van der Waals surface area contributed by atoms with E-state index in [1.54, 1.807) is 20.3 Å². The minimum absolute atomic E-state index is 0.241. The van der Waals surface area contributed by atoms with E-state index in [9.17, 15) is 4.79 Å². The molecule has 0 radical (unpaired) electrons. The Labute approximate surface area is 148 Å². The number of hydrazone groups is 1. The third-order valence-corrected chi connectivity index (χ3v) is 3.97. The molecule has 0 saturated heterocycles. The number of nitrogens with one attached hydrogen (secondary N) is 1. The number of hydrogen-bond donors (Lipinski definition) is 1. The Kier molecular flexibility index (Phi) is 6.17. The quantitative estimate of drug-likeness (QED) is 0.639. The Morgan fingerprint density at radius 1 is 0.960 bits per heavy atom. The summed E-state index contributed by atoms with van der Waals surface area (Å²) in [6.45, 7) is 6.06. The molecule has 2 aromatic rings. The average molecular weight is 340 g/mol. The van der Waals surface area contributed by atoms with Crippen LogP contribution in [0.15, 0.2) is 47.6 Å². The number of methoxy groups -OCH3 is 2. The molecule has 0 spiro atoms. The van der Waals surface area contributed by atoms with Crippen molar-refractivity contribution in [1.82, 2.24) is 5.43 Å². The molecule has 132 valence electrons. The van der Waals surface area contributed by atoms with Crippen molar-refractivity contribution < 1.29 is 14.3 Å². The summed E-state index contributed by atoms with van der Waals surface area (Å²) in [5, 5.41) is 4.18. The third-order valence-electron chi connectivity index (χ3n) is 3.97. The molecule has 0 aliphatic heterocycles. The van der Waals surface area contributed by atoms with Gasteiger partial charge in [0, 0.05) is 11.1 Å². The molecular formula is C20H24N2O3. The molecule has 0 unspecified atom stereocenters. The predicted molar refractivity (Wildman–Crippen MR) is 99.8 cm³/mol. The minimum Gasteiger partial charge on any atom is -0.493 e. The minimum atomic E-state index is -0.241. The SMILES string of the molecule is COc1ccc(/C(C)=N/NC(=O)c2ccc(C(C)C)cc2)cc1OC. The molecule has 1 amide bonds. The maximum atomic E-state index is 12.2. The molecule has 2 rings (SSSR count). The van der Waals surface area contributed by atoms with Gasteiger partial charge in [-0.1, -0.05) is 26.0 Å². The zero-order valence-corrected chi connectivity index (χ0v) is 15.3. The van der Waals surface area contributed by atoms with Crippen molar-refractivity contribution in [2.24, 2.45) is 5.10 Å². The lowest BCUT2D eigenvalue weighted by atomic mass is 10.0. The molecule has 0 aliphatic carbocycles. The first-order valence-electron chi connectivity index (χ1n) is 8.13. The summed E-state index contributed by atoms with van der Waals surface area (Å²) in [5.74, 6) is 1.45. The second-order valence-corrected chi connectivity index (χ2v) is 5.98. The van der Waals surface area contributed by atoms with Gasteiger partial charge in [0.1, 0.15) is 0 Å². The van der Waals surface area contributed by atoms with E-state index in [0.29, 0.717) is 28.7 Å². The number of hydrogen-bond acceptors (Lipinski definition) is 4. The molecule has 0 atom stereocenters. The standard InChI is InChI=1S/C20H24N2O3/c1-13(2)15-6-8-16(9-7-15)20(23)22-21-14(3)17-10-11-18(24-4)19(12-17)25-5/h6-13H,1-5H3,(H,22,23)/b21-14+. The number of benzene rings is 2. The molecule has 5 heteroatoms. The number of amides is 1. The summed E-state index contributed by atoms with van der Waals surface area (Å²) in [4.78, 5) is 12.2. The van der Waals surface area contributed by atoms with Gasteiger partial charge in [0.15, 0.2) is 11.5 Å². The van der Waals surface area contributed by atoms with Gasteiger partial charge < -0.3 is 9.47 Å². The van der Waals surface area contributed by atoms with E-state index in [0.717, 1.165) is 5.56 Å². The summed E-state index contributed by atoms with van der Waals surface area (Å²) >= 11 is 0. The van der Waals surface area contributed by atoms with Gasteiger partial charge in [-0.25, -0.2) is 5.43 Å². The van der Waals surface area contributed by atoms with Crippen LogP contribution >= 0.6 is 0 Å². The van der Waals surface area contributed by atoms with Crippen molar-refractivity contribution in [1.29, 1.82) is 0 Å². The molecule has 0 aliphatic rings. The fraction of sp³-hybridized carbons (Fsp3) is 0.300. The van der Waals surface area contributed by atoms with Gasteiger partial charge >= 0.3 is 0 Å². The average Bonchev–Trinajstić information content (AvgIpc) is 2.65. The van der Waals surface area contributed by atoms with E-state index < -0.39 is 0 Å². The lowest BCUT2D eigenvalue weighted by Crippen LogP contribution is -2.19. The molecule has 25 heavy (non-hydrogen) atoms. The Hall–Kier alpha value is -2.82. The van der Waals surface area contributed by atoms with Crippen LogP contribution < -0.4 is 14.9 Å². The molecule has 1 N–H and O–H groups in total. The van der Waals surface area contributed by atoms with Gasteiger partial charge in [-0.2, -0.15) is 5.10 Å². The zero-order valence-electron chi connectivity index (χ0n) is 15.3. The van der Waals surface area contributed by atoms with Crippen molar-refractivity contribution in [3.8, 4) is 11.5 Å². The highest BCUT2D eigenvalue weighted by Crippen LogP contribution is 2.27. The topological polar surface area (TPSA) is 59.9 Å². The monoisotopic (exact) mass is 340 g/mol. The molecule has 0 aromatic heterocycles. The van der Waals surface area contributed by atoms with E-state index in [4.69, 9.17) is 9.47 Å². The number of carbonyl (C=O) groups excluding carboxylic acids is 1. The lowest BCUT2D eigenvalue weighted by molar-refractivity contribution is 0.0955. The van der Waals surface area contributed by atoms with Crippen LogP contribution in [0.1, 0.15) is 48.2 Å². The Morgan fingerprint density at radius 2 is 1.56 bits per heavy atom. The smallest absolute Gasteiger partial charge is 0.271 e. The zero-order chi connectivity index (χ0) is 18.4. The van der Waals surface area contributed by atoms with Crippen LogP contribution in [0.25, 0.3) is 0 Å². The first kappa shape index (κ1) is 18.5. The molecule has 2 aromatic carbocycles. The highest BCUT2D eigenvalue weighted by Gasteiger charge is 2.08. The van der Waals surface area contributed by atoms with Crippen LogP contribution in [0, 0.1) is 0 Å². The maximum Gasteiger partial charge on any atom is 0.271 e. The number of carbonyl (C=O) groups is 1. The second-order valence-electron chi connectivity index (χ2n) is 5.98. The molecule has 0 fully saturated rings. The Balaban J connectivity index is 2.11. The van der Waals surface area contributed by atoms with Gasteiger partial charge in [-0.15, -0.1) is 0 Å². The van der Waals surface area contributed by atoms with Gasteiger partial charge in [-0.3, -0.25) is 4.79 Å². The number of nitrogens with zero attached hydrogens (tertiary/aromatic N) is 1. The van der Waals surface area contributed by atoms with Crippen molar-refractivity contribution in [2.45, 2.75) is 26.7 Å². The fourth-order valence-electron chi connectivity index (χ4n) is 2.34. The van der Waals surface area contributed by atoms with Crippen LogP contribution in [0.3, 0.4) is 0 Å². The predicted octanol–water partition coefficient (Wildman–Crippen LogP) is 3.98. The van der Waals surface area contributed by atoms with Gasteiger partial charge in [0.25, 0.3) is 5.91 Å². The van der Waals surface area contributed by atoms with Crippen LogP contribution in [0.4, 0.5) is 0 Å². The Morgan fingerprint density at radius 3 is 2.12 bits per heavy atom. The highest BCUT2D eigenvalue weighted by atomic mass is 16.5. The van der Waals surface area contributed by atoms with Gasteiger partial charge in [0.05, 0.1) is 19.9 Å². The van der Waals surface area contributed by atoms with Crippen molar-refractivity contribution in [3.63, 3.8) is 0 Å². The van der Waals surface area contributed by atoms with E-state index in [-0.39, 0.29) is 5.91 Å². The molecule has 5 nitrogen and oxygen atoms in total. The molecular weight excluding hydrogens is 316 g/mol. The normalized spacial score (nSPS) is 11.4. The van der Waals surface area contributed by atoms with E-state index in [2.05, 4.69) is 24.4 Å². The Bertz CT molecular complexity index is 765. The van der Waals surface area contributed by atoms with Crippen LogP contribution in [-0.2, 0) is 0 Å². The first-order chi connectivity index (χ1) is 12.0. The summed E-state index contributed by atoms with van der Waals surface area (Å²) in [6, 6.07) is 13.0. The van der Waals surface area contributed by atoms with E-state index >= 15 is 0 Å². The van der Waals surface area contributed by atoms with Gasteiger partial charge in [-0.05, 0) is 48.7 Å². The van der Waals surface area contributed by atoms with E-state index in [1.807, 2.05) is 43.3 Å². The first-order valence-corrected chi connectivity index (χ1v) is 8.13. The van der Waals surface area contributed by atoms with Crippen molar-refractivity contribution >= 4 is 11.6 Å². The van der Waals surface area contributed by atoms with E-state index in [1.165, 1.54) is 5.56 Å². The molecule has 0 bridgehead atoms. The number of ether oxygens (including phenoxy) is 2. The van der Waals surface area contributed by atoms with Crippen molar-refractivity contribution in [3.05, 3.63) is 59.2 Å². The summed E-state index contributed by atoms with van der Waals surface area (Å²) < 4.78 is 10.5. The summed E-state index contributed by atoms with van der Waals surface area (Å²) in [7, 11) is 3.17. The van der Waals surface area contributed by atoms with Crippen LogP contribution in [-0.4, -0.2) is 25.8 Å². The molecule has 0 heterocycles. The largest absolute Gasteiger partial charge is 0.493 e. The highest BCUT2D eigenvalue weighted by molar-refractivity contribution is 6.01. The second kappa shape index (κ2) is 8.33.